The number of nitrogens with zero attached hydrogens (tertiary/aromatic N) is 1. The van der Waals surface area contributed by atoms with Crippen LogP contribution >= 0.6 is 0 Å². The van der Waals surface area contributed by atoms with Gasteiger partial charge in [-0.1, -0.05) is 13.3 Å². The molecular formula is C9H18N2O2. The third kappa shape index (κ3) is 2.59. The molecule has 0 aliphatic carbocycles. The van der Waals surface area contributed by atoms with Gasteiger partial charge in [-0.25, -0.2) is 4.79 Å². The minimum Gasteiger partial charge on any atom is -0.453 e. The first-order chi connectivity index (χ1) is 6.17. The number of carbonyl (C=O) groups is 1. The average molecular weight is 186 g/mol. The van der Waals surface area contributed by atoms with Crippen molar-refractivity contribution >= 4 is 6.09 Å². The molecule has 1 saturated heterocycles. The molecule has 0 radical (unpaired) electrons. The van der Waals surface area contributed by atoms with Crippen molar-refractivity contribution in [3.05, 3.63) is 0 Å². The smallest absolute Gasteiger partial charge is 0.409 e. The van der Waals surface area contributed by atoms with Gasteiger partial charge >= 0.3 is 6.09 Å². The first-order valence-corrected chi connectivity index (χ1v) is 4.75. The summed E-state index contributed by atoms with van der Waals surface area (Å²) >= 11 is 0. The third-order valence-corrected chi connectivity index (χ3v) is 2.58. The Kier molecular flexibility index (Phi) is 3.54. The van der Waals surface area contributed by atoms with Gasteiger partial charge in [0.2, 0.25) is 0 Å². The maximum Gasteiger partial charge on any atom is 0.409 e. The summed E-state index contributed by atoms with van der Waals surface area (Å²) in [6, 6.07) is 0.109. The summed E-state index contributed by atoms with van der Waals surface area (Å²) in [5.74, 6) is 0.530. The molecule has 0 spiro atoms. The van der Waals surface area contributed by atoms with Crippen LogP contribution in [-0.2, 0) is 4.74 Å². The van der Waals surface area contributed by atoms with Gasteiger partial charge in [-0.2, -0.15) is 0 Å². The minimum absolute atomic E-state index is 0.109. The molecule has 0 bridgehead atoms. The molecule has 2 N–H and O–H groups in total. The second-order valence-electron chi connectivity index (χ2n) is 3.65. The molecule has 1 aliphatic rings. The van der Waals surface area contributed by atoms with Crippen LogP contribution in [0, 0.1) is 5.92 Å². The van der Waals surface area contributed by atoms with Crippen molar-refractivity contribution in [2.45, 2.75) is 25.8 Å². The van der Waals surface area contributed by atoms with E-state index in [1.54, 1.807) is 4.90 Å². The lowest BCUT2D eigenvalue weighted by Crippen LogP contribution is -2.49. The van der Waals surface area contributed by atoms with E-state index in [-0.39, 0.29) is 12.1 Å². The zero-order chi connectivity index (χ0) is 9.84. The highest BCUT2D eigenvalue weighted by molar-refractivity contribution is 5.67. The topological polar surface area (TPSA) is 55.6 Å². The Morgan fingerprint density at radius 1 is 1.62 bits per heavy atom. The summed E-state index contributed by atoms with van der Waals surface area (Å²) in [5, 5.41) is 0. The molecule has 0 aromatic carbocycles. The van der Waals surface area contributed by atoms with Crippen LogP contribution in [-0.4, -0.2) is 37.2 Å². The van der Waals surface area contributed by atoms with Gasteiger partial charge in [-0.3, -0.25) is 0 Å². The summed E-state index contributed by atoms with van der Waals surface area (Å²) in [4.78, 5) is 12.9. The molecule has 0 aromatic heterocycles. The number of amides is 1. The van der Waals surface area contributed by atoms with Crippen molar-refractivity contribution < 1.29 is 9.53 Å². The van der Waals surface area contributed by atoms with E-state index in [9.17, 15) is 4.79 Å². The van der Waals surface area contributed by atoms with Crippen molar-refractivity contribution in [1.82, 2.24) is 4.90 Å². The predicted octanol–water partition coefficient (Wildman–Crippen LogP) is 0.812. The fourth-order valence-corrected chi connectivity index (χ4v) is 1.82. The number of ether oxygens (including phenoxy) is 1. The van der Waals surface area contributed by atoms with Crippen molar-refractivity contribution in [1.29, 1.82) is 0 Å². The van der Waals surface area contributed by atoms with Crippen molar-refractivity contribution in [3.63, 3.8) is 0 Å². The molecule has 0 aromatic rings. The van der Waals surface area contributed by atoms with Crippen molar-refractivity contribution in [2.24, 2.45) is 11.7 Å². The minimum atomic E-state index is -0.256. The predicted molar refractivity (Wildman–Crippen MR) is 50.4 cm³/mol. The number of hydrogen-bond donors (Lipinski definition) is 1. The summed E-state index contributed by atoms with van der Waals surface area (Å²) in [5.41, 5.74) is 5.83. The Hall–Kier alpha value is -0.770. The monoisotopic (exact) mass is 186 g/mol. The van der Waals surface area contributed by atoms with E-state index in [1.165, 1.54) is 7.11 Å². The van der Waals surface area contributed by atoms with E-state index >= 15 is 0 Å². The van der Waals surface area contributed by atoms with Crippen LogP contribution in [0.15, 0.2) is 0 Å². The second-order valence-corrected chi connectivity index (χ2v) is 3.65. The first-order valence-electron chi connectivity index (χ1n) is 4.75. The standard InChI is InChI=1S/C9H18N2O2/c1-3-7-4-8(10)6-11(5-7)9(12)13-2/h7-8H,3-6,10H2,1-2H3. The lowest BCUT2D eigenvalue weighted by atomic mass is 9.93. The number of carbonyl (C=O) groups excluding carboxylic acids is 1. The summed E-state index contributed by atoms with van der Waals surface area (Å²) < 4.78 is 4.66. The normalized spacial score (nSPS) is 28.7. The van der Waals surface area contributed by atoms with Gasteiger partial charge in [0.25, 0.3) is 0 Å². The van der Waals surface area contributed by atoms with Crippen LogP contribution in [0.25, 0.3) is 0 Å². The summed E-state index contributed by atoms with van der Waals surface area (Å²) in [6.45, 7) is 3.54. The van der Waals surface area contributed by atoms with Crippen LogP contribution in [0.4, 0.5) is 4.79 Å². The Labute approximate surface area is 79.0 Å². The molecular weight excluding hydrogens is 168 g/mol. The fraction of sp³-hybridized carbons (Fsp3) is 0.889. The Balaban J connectivity index is 2.51. The van der Waals surface area contributed by atoms with E-state index in [4.69, 9.17) is 5.73 Å². The molecule has 1 aliphatic heterocycles. The molecule has 13 heavy (non-hydrogen) atoms. The molecule has 0 saturated carbocycles. The zero-order valence-corrected chi connectivity index (χ0v) is 8.32. The van der Waals surface area contributed by atoms with Gasteiger partial charge in [0.15, 0.2) is 0 Å². The van der Waals surface area contributed by atoms with Crippen LogP contribution in [0.1, 0.15) is 19.8 Å². The van der Waals surface area contributed by atoms with E-state index < -0.39 is 0 Å². The SMILES string of the molecule is CCC1CC(N)CN(C(=O)OC)C1. The van der Waals surface area contributed by atoms with Crippen LogP contribution in [0.5, 0.6) is 0 Å². The number of hydrogen-bond acceptors (Lipinski definition) is 3. The Morgan fingerprint density at radius 2 is 2.31 bits per heavy atom. The van der Waals surface area contributed by atoms with E-state index in [0.29, 0.717) is 12.5 Å². The Bertz CT molecular complexity index is 184. The molecule has 2 atom stereocenters. The highest BCUT2D eigenvalue weighted by Gasteiger charge is 2.27. The fourth-order valence-electron chi connectivity index (χ4n) is 1.82. The maximum atomic E-state index is 11.2. The number of likely N-dealkylation sites (tertiary alicyclic amines) is 1. The number of piperidine rings is 1. The van der Waals surface area contributed by atoms with E-state index in [0.717, 1.165) is 19.4 Å². The average Bonchev–Trinajstić information content (AvgIpc) is 2.15. The highest BCUT2D eigenvalue weighted by atomic mass is 16.5. The molecule has 1 fully saturated rings. The summed E-state index contributed by atoms with van der Waals surface area (Å²) in [6.07, 6.45) is 1.83. The number of rotatable bonds is 1. The molecule has 76 valence electrons. The first kappa shape index (κ1) is 10.3. The van der Waals surface area contributed by atoms with Crippen LogP contribution < -0.4 is 5.73 Å². The van der Waals surface area contributed by atoms with Crippen molar-refractivity contribution in [3.8, 4) is 0 Å². The molecule has 2 unspecified atom stereocenters. The van der Waals surface area contributed by atoms with Crippen molar-refractivity contribution in [2.75, 3.05) is 20.2 Å². The molecule has 1 rings (SSSR count). The number of nitrogens with two attached hydrogens (primary N) is 1. The van der Waals surface area contributed by atoms with Gasteiger partial charge in [0.05, 0.1) is 7.11 Å². The third-order valence-electron chi connectivity index (χ3n) is 2.58. The van der Waals surface area contributed by atoms with E-state index in [1.807, 2.05) is 0 Å². The van der Waals surface area contributed by atoms with Gasteiger partial charge < -0.3 is 15.4 Å². The molecule has 4 heteroatoms. The quantitative estimate of drug-likeness (QED) is 0.659. The van der Waals surface area contributed by atoms with Gasteiger partial charge in [0.1, 0.15) is 0 Å². The van der Waals surface area contributed by atoms with E-state index in [2.05, 4.69) is 11.7 Å². The zero-order valence-electron chi connectivity index (χ0n) is 8.32. The molecule has 4 nitrogen and oxygen atoms in total. The molecule has 1 heterocycles. The van der Waals surface area contributed by atoms with Gasteiger partial charge in [-0.05, 0) is 12.3 Å². The largest absolute Gasteiger partial charge is 0.453 e. The number of methoxy groups -OCH3 is 1. The lowest BCUT2D eigenvalue weighted by Gasteiger charge is -2.34. The lowest BCUT2D eigenvalue weighted by molar-refractivity contribution is 0.0955. The molecule has 1 amide bonds. The Morgan fingerprint density at radius 3 is 2.85 bits per heavy atom. The second kappa shape index (κ2) is 4.46. The summed E-state index contributed by atoms with van der Waals surface area (Å²) in [7, 11) is 1.41. The van der Waals surface area contributed by atoms with Gasteiger partial charge in [-0.15, -0.1) is 0 Å². The highest BCUT2D eigenvalue weighted by Crippen LogP contribution is 2.18. The van der Waals surface area contributed by atoms with Crippen LogP contribution in [0.2, 0.25) is 0 Å². The van der Waals surface area contributed by atoms with Gasteiger partial charge in [0, 0.05) is 19.1 Å². The van der Waals surface area contributed by atoms with Crippen LogP contribution in [0.3, 0.4) is 0 Å². The maximum absolute atomic E-state index is 11.2.